The van der Waals surface area contributed by atoms with Crippen LogP contribution in [0.15, 0.2) is 17.2 Å². The maximum absolute atomic E-state index is 12.5. The number of sulfonamides is 1. The van der Waals surface area contributed by atoms with Crippen molar-refractivity contribution in [2.75, 3.05) is 13.1 Å². The van der Waals surface area contributed by atoms with Gasteiger partial charge in [-0.15, -0.1) is 6.42 Å². The number of terminal acetylenes is 1. The van der Waals surface area contributed by atoms with Crippen LogP contribution in [0.1, 0.15) is 23.3 Å². The van der Waals surface area contributed by atoms with Crippen LogP contribution in [-0.4, -0.2) is 41.5 Å². The van der Waals surface area contributed by atoms with E-state index in [4.69, 9.17) is 11.5 Å². The van der Waals surface area contributed by atoms with E-state index in [9.17, 15) is 13.2 Å². The van der Waals surface area contributed by atoms with Crippen LogP contribution in [0.3, 0.4) is 0 Å². The Hall–Kier alpha value is -1.78. The van der Waals surface area contributed by atoms with E-state index in [1.54, 1.807) is 0 Å². The van der Waals surface area contributed by atoms with E-state index in [0.717, 1.165) is 18.9 Å². The Morgan fingerprint density at radius 1 is 1.60 bits per heavy atom. The first-order valence-corrected chi connectivity index (χ1v) is 7.63. The molecular formula is C13H16N2O4S. The smallest absolute Gasteiger partial charge is 0.352 e. The molecule has 1 saturated carbocycles. The van der Waals surface area contributed by atoms with Gasteiger partial charge in [-0.2, -0.15) is 4.31 Å². The topological polar surface area (TPSA) is 79.6 Å². The Kier molecular flexibility index (Phi) is 3.88. The van der Waals surface area contributed by atoms with Crippen molar-refractivity contribution in [3.05, 3.63) is 18.0 Å². The van der Waals surface area contributed by atoms with Gasteiger partial charge in [0.25, 0.3) is 0 Å². The number of carbonyl (C=O) groups is 1. The number of hydrogen-bond donors (Lipinski definition) is 1. The van der Waals surface area contributed by atoms with Crippen LogP contribution in [-0.2, 0) is 17.1 Å². The van der Waals surface area contributed by atoms with E-state index in [1.165, 1.54) is 22.1 Å². The molecule has 6 nitrogen and oxygen atoms in total. The second-order valence-corrected chi connectivity index (χ2v) is 6.86. The summed E-state index contributed by atoms with van der Waals surface area (Å²) in [6, 6.07) is 1.16. The molecule has 1 aliphatic carbocycles. The lowest BCUT2D eigenvalue weighted by atomic mass is 10.4. The van der Waals surface area contributed by atoms with Crippen LogP contribution in [0.4, 0.5) is 0 Å². The minimum atomic E-state index is -3.75. The summed E-state index contributed by atoms with van der Waals surface area (Å²) in [7, 11) is -2.25. The minimum Gasteiger partial charge on any atom is -0.477 e. The summed E-state index contributed by atoms with van der Waals surface area (Å²) in [4.78, 5) is 10.9. The molecule has 1 aromatic heterocycles. The molecule has 1 aliphatic rings. The highest BCUT2D eigenvalue weighted by atomic mass is 32.2. The van der Waals surface area contributed by atoms with Gasteiger partial charge in [0, 0.05) is 19.8 Å². The summed E-state index contributed by atoms with van der Waals surface area (Å²) in [5, 5.41) is 8.98. The summed E-state index contributed by atoms with van der Waals surface area (Å²) in [6.45, 7) is 0.389. The SMILES string of the molecule is C#CCN(CC1CC1)S(=O)(=O)c1cc(C(=O)O)n(C)c1. The van der Waals surface area contributed by atoms with E-state index < -0.39 is 16.0 Å². The molecule has 0 atom stereocenters. The molecule has 0 aromatic carbocycles. The first-order valence-electron chi connectivity index (χ1n) is 6.19. The maximum atomic E-state index is 12.5. The third kappa shape index (κ3) is 2.86. The van der Waals surface area contributed by atoms with Crippen molar-refractivity contribution >= 4 is 16.0 Å². The Morgan fingerprint density at radius 2 is 2.25 bits per heavy atom. The van der Waals surface area contributed by atoms with Gasteiger partial charge in [-0.25, -0.2) is 13.2 Å². The molecule has 1 heterocycles. The summed E-state index contributed by atoms with van der Waals surface area (Å²) >= 11 is 0. The third-order valence-electron chi connectivity index (χ3n) is 3.26. The van der Waals surface area contributed by atoms with Crippen LogP contribution in [0.25, 0.3) is 0 Å². The van der Waals surface area contributed by atoms with Crippen molar-refractivity contribution in [1.29, 1.82) is 0 Å². The van der Waals surface area contributed by atoms with Gasteiger partial charge >= 0.3 is 5.97 Å². The van der Waals surface area contributed by atoms with Gasteiger partial charge in [0.15, 0.2) is 0 Å². The van der Waals surface area contributed by atoms with Gasteiger partial charge in [0.1, 0.15) is 10.6 Å². The highest BCUT2D eigenvalue weighted by molar-refractivity contribution is 7.89. The van der Waals surface area contributed by atoms with Gasteiger partial charge in [0.05, 0.1) is 6.54 Å². The van der Waals surface area contributed by atoms with Gasteiger partial charge in [0.2, 0.25) is 10.0 Å². The summed E-state index contributed by atoms with van der Waals surface area (Å²) < 4.78 is 27.5. The van der Waals surface area contributed by atoms with Crippen LogP contribution < -0.4 is 0 Å². The maximum Gasteiger partial charge on any atom is 0.352 e. The third-order valence-corrected chi connectivity index (χ3v) is 5.04. The molecule has 2 rings (SSSR count). The fourth-order valence-corrected chi connectivity index (χ4v) is 3.48. The Morgan fingerprint density at radius 3 is 2.70 bits per heavy atom. The summed E-state index contributed by atoms with van der Waals surface area (Å²) in [5.41, 5.74) is -0.0735. The first-order chi connectivity index (χ1) is 9.36. The number of hydrogen-bond acceptors (Lipinski definition) is 3. The Balaban J connectivity index is 2.34. The molecule has 1 N–H and O–H groups in total. The van der Waals surface area contributed by atoms with E-state index in [0.29, 0.717) is 12.5 Å². The van der Waals surface area contributed by atoms with Crippen molar-refractivity contribution < 1.29 is 18.3 Å². The highest BCUT2D eigenvalue weighted by Gasteiger charge is 2.32. The van der Waals surface area contributed by atoms with Crippen molar-refractivity contribution in [2.45, 2.75) is 17.7 Å². The monoisotopic (exact) mass is 296 g/mol. The second kappa shape index (κ2) is 5.31. The Bertz CT molecular complexity index is 665. The number of aromatic nitrogens is 1. The van der Waals surface area contributed by atoms with Crippen LogP contribution >= 0.6 is 0 Å². The fraction of sp³-hybridized carbons (Fsp3) is 0.462. The molecule has 1 aromatic rings. The second-order valence-electron chi connectivity index (χ2n) is 4.92. The molecule has 0 amide bonds. The highest BCUT2D eigenvalue weighted by Crippen LogP contribution is 2.31. The Labute approximate surface area is 118 Å². The molecule has 0 spiro atoms. The average molecular weight is 296 g/mol. The van der Waals surface area contributed by atoms with Crippen molar-refractivity contribution in [1.82, 2.24) is 8.87 Å². The zero-order chi connectivity index (χ0) is 14.9. The van der Waals surface area contributed by atoms with E-state index in [-0.39, 0.29) is 17.1 Å². The number of aryl methyl sites for hydroxylation is 1. The standard InChI is InChI=1S/C13H16N2O4S/c1-3-6-15(8-10-4-5-10)20(18,19)11-7-12(13(16)17)14(2)9-11/h1,7,9-10H,4-6,8H2,2H3,(H,16,17). The van der Waals surface area contributed by atoms with Crippen molar-refractivity contribution in [3.63, 3.8) is 0 Å². The fourth-order valence-electron chi connectivity index (χ4n) is 1.97. The van der Waals surface area contributed by atoms with Gasteiger partial charge in [-0.3, -0.25) is 0 Å². The summed E-state index contributed by atoms with van der Waals surface area (Å²) in [5.74, 6) is 1.54. The quantitative estimate of drug-likeness (QED) is 0.786. The lowest BCUT2D eigenvalue weighted by molar-refractivity contribution is 0.0686. The number of carboxylic acid groups (broad SMARTS) is 1. The molecule has 1 fully saturated rings. The van der Waals surface area contributed by atoms with Crippen LogP contribution in [0, 0.1) is 18.3 Å². The molecule has 20 heavy (non-hydrogen) atoms. The zero-order valence-electron chi connectivity index (χ0n) is 11.1. The van der Waals surface area contributed by atoms with Gasteiger partial charge in [-0.1, -0.05) is 5.92 Å². The summed E-state index contributed by atoms with van der Waals surface area (Å²) in [6.07, 6.45) is 8.54. The van der Waals surface area contributed by atoms with E-state index >= 15 is 0 Å². The van der Waals surface area contributed by atoms with Gasteiger partial charge < -0.3 is 9.67 Å². The molecule has 108 valence electrons. The van der Waals surface area contributed by atoms with E-state index in [1.807, 2.05) is 0 Å². The largest absolute Gasteiger partial charge is 0.477 e. The van der Waals surface area contributed by atoms with Crippen molar-refractivity contribution in [3.8, 4) is 12.3 Å². The molecular weight excluding hydrogens is 280 g/mol. The first kappa shape index (κ1) is 14.6. The number of carboxylic acids is 1. The van der Waals surface area contributed by atoms with E-state index in [2.05, 4.69) is 5.92 Å². The predicted octanol–water partition coefficient (Wildman–Crippen LogP) is 0.757. The van der Waals surface area contributed by atoms with Gasteiger partial charge in [-0.05, 0) is 24.8 Å². The average Bonchev–Trinajstić information content (AvgIpc) is 3.08. The molecule has 7 heteroatoms. The molecule has 0 unspecified atom stereocenters. The normalized spacial score (nSPS) is 15.2. The predicted molar refractivity (Wildman–Crippen MR) is 72.7 cm³/mol. The lowest BCUT2D eigenvalue weighted by Crippen LogP contribution is -2.33. The minimum absolute atomic E-state index is 0.00384. The number of rotatable bonds is 6. The number of aromatic carboxylic acids is 1. The molecule has 0 aliphatic heterocycles. The molecule has 0 bridgehead atoms. The van der Waals surface area contributed by atoms with Crippen LogP contribution in [0.2, 0.25) is 0 Å². The van der Waals surface area contributed by atoms with Crippen LogP contribution in [0.5, 0.6) is 0 Å². The zero-order valence-corrected chi connectivity index (χ0v) is 11.9. The molecule has 0 saturated heterocycles. The lowest BCUT2D eigenvalue weighted by Gasteiger charge is -2.18. The molecule has 0 radical (unpaired) electrons. The van der Waals surface area contributed by atoms with Crippen molar-refractivity contribution in [2.24, 2.45) is 13.0 Å². The number of nitrogens with zero attached hydrogens (tertiary/aromatic N) is 2.